The molecule has 1 atom stereocenters. The van der Waals surface area contributed by atoms with Gasteiger partial charge in [0.25, 0.3) is 0 Å². The van der Waals surface area contributed by atoms with Crippen molar-refractivity contribution in [2.75, 3.05) is 34.5 Å². The van der Waals surface area contributed by atoms with E-state index in [0.29, 0.717) is 22.8 Å². The van der Waals surface area contributed by atoms with Crippen molar-refractivity contribution in [3.63, 3.8) is 0 Å². The molecule has 27 heavy (non-hydrogen) atoms. The van der Waals surface area contributed by atoms with Crippen molar-refractivity contribution in [3.8, 4) is 17.2 Å². The number of nitrogens with one attached hydrogen (secondary N) is 1. The summed E-state index contributed by atoms with van der Waals surface area (Å²) < 4.78 is 21.6. The third-order valence-corrected chi connectivity index (χ3v) is 4.92. The predicted octanol–water partition coefficient (Wildman–Crippen LogP) is 3.15. The molecule has 144 valence electrons. The van der Waals surface area contributed by atoms with E-state index in [1.54, 1.807) is 12.1 Å². The molecule has 2 aromatic carbocycles. The summed E-state index contributed by atoms with van der Waals surface area (Å²) in [6.45, 7) is 1.16. The number of carbonyl (C=O) groups is 1. The fourth-order valence-electron chi connectivity index (χ4n) is 3.49. The summed E-state index contributed by atoms with van der Waals surface area (Å²) in [5.41, 5.74) is 1.13. The van der Waals surface area contributed by atoms with Crippen LogP contribution in [0.25, 0.3) is 0 Å². The summed E-state index contributed by atoms with van der Waals surface area (Å²) in [5.74, 6) is 0.842. The van der Waals surface area contributed by atoms with Crippen LogP contribution in [-0.4, -0.2) is 40.5 Å². The van der Waals surface area contributed by atoms with E-state index in [-0.39, 0.29) is 12.1 Å². The number of rotatable bonds is 7. The van der Waals surface area contributed by atoms with E-state index in [1.165, 1.54) is 21.3 Å². The molecule has 0 spiro atoms. The summed E-state index contributed by atoms with van der Waals surface area (Å²) in [4.78, 5) is 12.7. The van der Waals surface area contributed by atoms with Gasteiger partial charge in [0.1, 0.15) is 6.61 Å². The Labute approximate surface area is 159 Å². The maximum Gasteiger partial charge on any atom is 0.338 e. The van der Waals surface area contributed by atoms with Crippen LogP contribution >= 0.6 is 0 Å². The minimum absolute atomic E-state index is 0.256. The van der Waals surface area contributed by atoms with Crippen LogP contribution in [-0.2, 0) is 10.3 Å². The highest BCUT2D eigenvalue weighted by molar-refractivity contribution is 5.91. The van der Waals surface area contributed by atoms with Gasteiger partial charge in [0.2, 0.25) is 5.75 Å². The number of hydrogen-bond donors (Lipinski definition) is 1. The predicted molar refractivity (Wildman–Crippen MR) is 102 cm³/mol. The standard InChI is InChI=1S/C21H25NO5/c1-24-17-12-15(13-18(25-2)19(17)26-3)20(23)27-14-21(10-7-11-22-21)16-8-5-4-6-9-16/h4-6,8-9,12-13,22H,7,10-11,14H2,1-3H3. The maximum absolute atomic E-state index is 12.7. The highest BCUT2D eigenvalue weighted by Crippen LogP contribution is 2.38. The van der Waals surface area contributed by atoms with Crippen molar-refractivity contribution >= 4 is 5.97 Å². The molecule has 1 N–H and O–H groups in total. The highest BCUT2D eigenvalue weighted by Gasteiger charge is 2.36. The first kappa shape index (κ1) is 19.0. The molecule has 1 heterocycles. The summed E-state index contributed by atoms with van der Waals surface area (Å²) in [5, 5.41) is 3.51. The van der Waals surface area contributed by atoms with Crippen molar-refractivity contribution in [2.45, 2.75) is 18.4 Å². The fraction of sp³-hybridized carbons (Fsp3) is 0.381. The van der Waals surface area contributed by atoms with Crippen molar-refractivity contribution in [1.29, 1.82) is 0 Å². The second-order valence-electron chi connectivity index (χ2n) is 6.47. The summed E-state index contributed by atoms with van der Waals surface area (Å²) in [7, 11) is 4.55. The Morgan fingerprint density at radius 1 is 1.04 bits per heavy atom. The Balaban J connectivity index is 1.81. The van der Waals surface area contributed by atoms with Gasteiger partial charge in [-0.25, -0.2) is 4.79 Å². The zero-order valence-corrected chi connectivity index (χ0v) is 15.9. The SMILES string of the molecule is COc1cc(C(=O)OCC2(c3ccccc3)CCCN2)cc(OC)c1OC. The monoisotopic (exact) mass is 371 g/mol. The molecule has 3 rings (SSSR count). The lowest BCUT2D eigenvalue weighted by molar-refractivity contribution is 0.0379. The average Bonchev–Trinajstić information content (AvgIpc) is 3.21. The molecule has 0 radical (unpaired) electrons. The van der Waals surface area contributed by atoms with Gasteiger partial charge in [-0.1, -0.05) is 30.3 Å². The third-order valence-electron chi connectivity index (χ3n) is 4.92. The zero-order valence-electron chi connectivity index (χ0n) is 15.9. The third kappa shape index (κ3) is 3.85. The van der Waals surface area contributed by atoms with Crippen LogP contribution in [0.5, 0.6) is 17.2 Å². The molecule has 0 bridgehead atoms. The average molecular weight is 371 g/mol. The van der Waals surface area contributed by atoms with E-state index in [4.69, 9.17) is 18.9 Å². The quantitative estimate of drug-likeness (QED) is 0.755. The van der Waals surface area contributed by atoms with Crippen molar-refractivity contribution in [3.05, 3.63) is 53.6 Å². The van der Waals surface area contributed by atoms with E-state index >= 15 is 0 Å². The Bertz CT molecular complexity index is 759. The van der Waals surface area contributed by atoms with Gasteiger partial charge in [0.15, 0.2) is 11.5 Å². The van der Waals surface area contributed by atoms with E-state index < -0.39 is 5.97 Å². The first-order valence-corrected chi connectivity index (χ1v) is 8.91. The van der Waals surface area contributed by atoms with Gasteiger partial charge in [-0.2, -0.15) is 0 Å². The number of esters is 1. The van der Waals surface area contributed by atoms with E-state index in [2.05, 4.69) is 17.4 Å². The lowest BCUT2D eigenvalue weighted by Crippen LogP contribution is -2.42. The lowest BCUT2D eigenvalue weighted by atomic mass is 9.89. The molecule has 1 aliphatic heterocycles. The van der Waals surface area contributed by atoms with Gasteiger partial charge in [-0.05, 0) is 37.1 Å². The lowest BCUT2D eigenvalue weighted by Gasteiger charge is -2.29. The topological polar surface area (TPSA) is 66.0 Å². The number of carbonyl (C=O) groups excluding carboxylic acids is 1. The van der Waals surface area contributed by atoms with Crippen LogP contribution in [0.15, 0.2) is 42.5 Å². The largest absolute Gasteiger partial charge is 0.493 e. The zero-order chi connectivity index (χ0) is 19.3. The molecule has 1 aliphatic rings. The smallest absolute Gasteiger partial charge is 0.338 e. The van der Waals surface area contributed by atoms with Gasteiger partial charge in [0, 0.05) is 0 Å². The second kappa shape index (κ2) is 8.31. The molecule has 0 aromatic heterocycles. The normalized spacial score (nSPS) is 18.8. The molecule has 6 nitrogen and oxygen atoms in total. The number of methoxy groups -OCH3 is 3. The molecule has 0 saturated carbocycles. The van der Waals surface area contributed by atoms with Gasteiger partial charge < -0.3 is 24.3 Å². The van der Waals surface area contributed by atoms with Gasteiger partial charge >= 0.3 is 5.97 Å². The van der Waals surface area contributed by atoms with Crippen LogP contribution in [0.1, 0.15) is 28.8 Å². The highest BCUT2D eigenvalue weighted by atomic mass is 16.5. The Hall–Kier alpha value is -2.73. The minimum Gasteiger partial charge on any atom is -0.493 e. The first-order valence-electron chi connectivity index (χ1n) is 8.91. The van der Waals surface area contributed by atoms with E-state index in [1.807, 2.05) is 18.2 Å². The molecule has 1 unspecified atom stereocenters. The molecule has 1 saturated heterocycles. The van der Waals surface area contributed by atoms with Crippen LogP contribution < -0.4 is 19.5 Å². The van der Waals surface area contributed by atoms with Gasteiger partial charge in [-0.3, -0.25) is 0 Å². The molecular formula is C21H25NO5. The van der Waals surface area contributed by atoms with Crippen molar-refractivity contribution in [2.24, 2.45) is 0 Å². The molecule has 2 aromatic rings. The molecule has 0 aliphatic carbocycles. The fourth-order valence-corrected chi connectivity index (χ4v) is 3.49. The molecule has 6 heteroatoms. The van der Waals surface area contributed by atoms with E-state index in [9.17, 15) is 4.79 Å². The van der Waals surface area contributed by atoms with Crippen LogP contribution in [0.2, 0.25) is 0 Å². The number of hydrogen-bond acceptors (Lipinski definition) is 6. The Morgan fingerprint density at radius 3 is 2.22 bits per heavy atom. The molecular weight excluding hydrogens is 346 g/mol. The molecule has 1 fully saturated rings. The number of benzene rings is 2. The van der Waals surface area contributed by atoms with E-state index in [0.717, 1.165) is 24.9 Å². The maximum atomic E-state index is 12.7. The van der Waals surface area contributed by atoms with Crippen LogP contribution in [0, 0.1) is 0 Å². The van der Waals surface area contributed by atoms with Crippen molar-refractivity contribution < 1.29 is 23.7 Å². The van der Waals surface area contributed by atoms with Gasteiger partial charge in [-0.15, -0.1) is 0 Å². The summed E-state index contributed by atoms with van der Waals surface area (Å²) in [6.07, 6.45) is 1.95. The van der Waals surface area contributed by atoms with Crippen LogP contribution in [0.3, 0.4) is 0 Å². The Kier molecular flexibility index (Phi) is 5.86. The van der Waals surface area contributed by atoms with Crippen LogP contribution in [0.4, 0.5) is 0 Å². The summed E-state index contributed by atoms with van der Waals surface area (Å²) >= 11 is 0. The number of ether oxygens (including phenoxy) is 4. The van der Waals surface area contributed by atoms with Gasteiger partial charge in [0.05, 0.1) is 32.4 Å². The minimum atomic E-state index is -0.432. The Morgan fingerprint density at radius 2 is 1.70 bits per heavy atom. The molecule has 0 amide bonds. The first-order chi connectivity index (χ1) is 13.1. The second-order valence-corrected chi connectivity index (χ2v) is 6.47. The van der Waals surface area contributed by atoms with Crippen molar-refractivity contribution in [1.82, 2.24) is 5.32 Å². The summed E-state index contributed by atoms with van der Waals surface area (Å²) in [6, 6.07) is 13.3.